The molecule has 0 bridgehead atoms. The lowest BCUT2D eigenvalue weighted by molar-refractivity contribution is 0.00723. The molecule has 0 N–H and O–H groups in total. The normalized spacial score (nSPS) is 16.4. The molecule has 2 aromatic carbocycles. The van der Waals surface area contributed by atoms with Gasteiger partial charge in [0.15, 0.2) is 0 Å². The number of nitrogens with zero attached hydrogens (tertiary/aromatic N) is 2. The zero-order valence-electron chi connectivity index (χ0n) is 24.6. The Labute approximate surface area is 246 Å². The summed E-state index contributed by atoms with van der Waals surface area (Å²) in [6.07, 6.45) is 0.447. The maximum absolute atomic E-state index is 13.8. The van der Waals surface area contributed by atoms with Gasteiger partial charge in [-0.3, -0.25) is 4.90 Å². The number of hydrogen-bond donors (Lipinski definition) is 0. The van der Waals surface area contributed by atoms with Crippen molar-refractivity contribution in [1.29, 1.82) is 0 Å². The Kier molecular flexibility index (Phi) is 8.56. The summed E-state index contributed by atoms with van der Waals surface area (Å²) in [6.45, 7) is 8.50. The molecule has 1 saturated heterocycles. The van der Waals surface area contributed by atoms with Crippen molar-refractivity contribution < 1.29 is 33.0 Å². The van der Waals surface area contributed by atoms with Crippen LogP contribution in [0.4, 0.5) is 9.59 Å². The molecule has 1 aliphatic heterocycles. The summed E-state index contributed by atoms with van der Waals surface area (Å²) in [5.74, 6) is -0.170. The Hall–Kier alpha value is -4.27. The van der Waals surface area contributed by atoms with Crippen LogP contribution < -0.4 is 0 Å². The second-order valence-corrected chi connectivity index (χ2v) is 11.6. The van der Waals surface area contributed by atoms with Crippen molar-refractivity contribution in [3.8, 4) is 11.1 Å². The number of furan rings is 1. The molecule has 222 valence electrons. The number of fused-ring (bicyclic) bond motifs is 3. The molecule has 1 fully saturated rings. The van der Waals surface area contributed by atoms with Crippen LogP contribution in [0.5, 0.6) is 0 Å². The first-order valence-corrected chi connectivity index (χ1v) is 14.5. The third kappa shape index (κ3) is 6.45. The average molecular weight is 575 g/mol. The number of hydrogen-bond acceptors (Lipinski definition) is 7. The Bertz CT molecular complexity index is 1390. The summed E-state index contributed by atoms with van der Waals surface area (Å²) in [6, 6.07) is 19.2. The van der Waals surface area contributed by atoms with E-state index in [1.165, 1.54) is 6.07 Å². The van der Waals surface area contributed by atoms with Crippen molar-refractivity contribution in [2.24, 2.45) is 0 Å². The van der Waals surface area contributed by atoms with Gasteiger partial charge >= 0.3 is 18.2 Å². The molecule has 5 rings (SSSR count). The van der Waals surface area contributed by atoms with Crippen molar-refractivity contribution in [2.45, 2.75) is 64.6 Å². The van der Waals surface area contributed by atoms with Gasteiger partial charge in [0.1, 0.15) is 18.0 Å². The Morgan fingerprint density at radius 1 is 0.952 bits per heavy atom. The number of ether oxygens (including phenoxy) is 3. The molecule has 9 nitrogen and oxygen atoms in total. The number of amides is 2. The first kappa shape index (κ1) is 29.2. The molecular formula is C33H38N2O7. The summed E-state index contributed by atoms with van der Waals surface area (Å²) in [7, 11) is 0. The van der Waals surface area contributed by atoms with Crippen LogP contribution in [0.2, 0.25) is 0 Å². The van der Waals surface area contributed by atoms with Crippen LogP contribution in [0.1, 0.15) is 73.9 Å². The SMILES string of the molecule is CCOC(=O)c1ccc(CN(C(=O)OCC2c3ccccc3-c3ccccc32)C2CCCN(C(=O)OC(C)(C)C)C2)o1. The topological polar surface area (TPSA) is 98.5 Å². The van der Waals surface area contributed by atoms with Crippen molar-refractivity contribution in [3.63, 3.8) is 0 Å². The minimum atomic E-state index is -0.631. The van der Waals surface area contributed by atoms with Crippen molar-refractivity contribution >= 4 is 18.2 Å². The summed E-state index contributed by atoms with van der Waals surface area (Å²) >= 11 is 0. The minimum absolute atomic E-state index is 0.0679. The second kappa shape index (κ2) is 12.3. The first-order chi connectivity index (χ1) is 20.1. The number of carbonyl (C=O) groups is 3. The molecule has 2 heterocycles. The molecule has 9 heteroatoms. The van der Waals surface area contributed by atoms with Gasteiger partial charge in [-0.25, -0.2) is 14.4 Å². The number of piperidine rings is 1. The molecule has 1 atom stereocenters. The van der Waals surface area contributed by atoms with Gasteiger partial charge in [-0.15, -0.1) is 0 Å². The van der Waals surface area contributed by atoms with Crippen LogP contribution in [-0.2, 0) is 20.8 Å². The van der Waals surface area contributed by atoms with Gasteiger partial charge in [-0.2, -0.15) is 0 Å². The maximum atomic E-state index is 13.8. The van der Waals surface area contributed by atoms with Crippen LogP contribution in [0.25, 0.3) is 11.1 Å². The van der Waals surface area contributed by atoms with Crippen molar-refractivity contribution in [1.82, 2.24) is 9.80 Å². The van der Waals surface area contributed by atoms with Crippen molar-refractivity contribution in [2.75, 3.05) is 26.3 Å². The van der Waals surface area contributed by atoms with Crippen LogP contribution in [0, 0.1) is 0 Å². The van der Waals surface area contributed by atoms with Gasteiger partial charge < -0.3 is 23.5 Å². The largest absolute Gasteiger partial charge is 0.460 e. The second-order valence-electron chi connectivity index (χ2n) is 11.6. The van der Waals surface area contributed by atoms with E-state index in [-0.39, 0.29) is 37.5 Å². The lowest BCUT2D eigenvalue weighted by Gasteiger charge is -2.39. The molecule has 2 aliphatic rings. The molecule has 1 unspecified atom stereocenters. The molecule has 1 aromatic heterocycles. The van der Waals surface area contributed by atoms with Gasteiger partial charge in [0.2, 0.25) is 5.76 Å². The summed E-state index contributed by atoms with van der Waals surface area (Å²) in [4.78, 5) is 42.1. The summed E-state index contributed by atoms with van der Waals surface area (Å²) in [5, 5.41) is 0. The fraction of sp³-hybridized carbons (Fsp3) is 0.424. The van der Waals surface area contributed by atoms with E-state index < -0.39 is 23.8 Å². The first-order valence-electron chi connectivity index (χ1n) is 14.5. The average Bonchev–Trinajstić information content (AvgIpc) is 3.57. The van der Waals surface area contributed by atoms with Gasteiger partial charge in [0.25, 0.3) is 0 Å². The number of rotatable bonds is 7. The van der Waals surface area contributed by atoms with E-state index in [2.05, 4.69) is 24.3 Å². The highest BCUT2D eigenvalue weighted by atomic mass is 16.6. The predicted octanol–water partition coefficient (Wildman–Crippen LogP) is 6.61. The number of esters is 1. The predicted molar refractivity (Wildman–Crippen MR) is 156 cm³/mol. The lowest BCUT2D eigenvalue weighted by atomic mass is 9.98. The van der Waals surface area contributed by atoms with Crippen LogP contribution in [0.15, 0.2) is 65.1 Å². The monoisotopic (exact) mass is 574 g/mol. The number of carbonyl (C=O) groups excluding carboxylic acids is 3. The van der Waals surface area contributed by atoms with E-state index >= 15 is 0 Å². The van der Waals surface area contributed by atoms with Gasteiger partial charge in [0, 0.05) is 19.0 Å². The summed E-state index contributed by atoms with van der Waals surface area (Å²) in [5.41, 5.74) is 3.91. The highest BCUT2D eigenvalue weighted by molar-refractivity contribution is 5.86. The molecule has 42 heavy (non-hydrogen) atoms. The quantitative estimate of drug-likeness (QED) is 0.231. The van der Waals surface area contributed by atoms with Crippen LogP contribution in [-0.4, -0.2) is 65.9 Å². The fourth-order valence-electron chi connectivity index (χ4n) is 5.66. The zero-order valence-corrected chi connectivity index (χ0v) is 24.6. The highest BCUT2D eigenvalue weighted by Gasteiger charge is 2.35. The number of likely N-dealkylation sites (tertiary alicyclic amines) is 1. The smallest absolute Gasteiger partial charge is 0.410 e. The third-order valence-corrected chi connectivity index (χ3v) is 7.52. The molecule has 3 aromatic rings. The number of benzene rings is 2. The van der Waals surface area contributed by atoms with E-state index in [9.17, 15) is 14.4 Å². The van der Waals surface area contributed by atoms with Gasteiger partial charge in [-0.05, 0) is 74.9 Å². The lowest BCUT2D eigenvalue weighted by Crippen LogP contribution is -2.52. The third-order valence-electron chi connectivity index (χ3n) is 7.52. The molecule has 0 saturated carbocycles. The highest BCUT2D eigenvalue weighted by Crippen LogP contribution is 2.44. The molecule has 0 radical (unpaired) electrons. The van der Waals surface area contributed by atoms with Gasteiger partial charge in [0.05, 0.1) is 19.2 Å². The maximum Gasteiger partial charge on any atom is 0.410 e. The van der Waals surface area contributed by atoms with E-state index in [0.29, 0.717) is 31.7 Å². The van der Waals surface area contributed by atoms with Crippen molar-refractivity contribution in [3.05, 3.63) is 83.3 Å². The Morgan fingerprint density at radius 2 is 1.62 bits per heavy atom. The molecule has 1 aliphatic carbocycles. The Balaban J connectivity index is 1.36. The molecule has 0 spiro atoms. The standard InChI is InChI=1S/C33H38N2O7/c1-5-39-30(36)29-17-16-23(41-29)20-35(22-11-10-18-34(19-22)31(37)42-33(2,3)4)32(38)40-21-28-26-14-8-6-12-24(26)25-13-7-9-15-27(25)28/h6-9,12-17,22,28H,5,10-11,18-21H2,1-4H3. The van der Waals surface area contributed by atoms with E-state index in [0.717, 1.165) is 22.3 Å². The van der Waals surface area contributed by atoms with Crippen LogP contribution >= 0.6 is 0 Å². The Morgan fingerprint density at radius 3 is 2.26 bits per heavy atom. The molecule has 2 amide bonds. The zero-order chi connectivity index (χ0) is 29.9. The van der Waals surface area contributed by atoms with Crippen LogP contribution in [0.3, 0.4) is 0 Å². The van der Waals surface area contributed by atoms with Gasteiger partial charge in [-0.1, -0.05) is 48.5 Å². The van der Waals surface area contributed by atoms with E-state index in [1.54, 1.807) is 22.8 Å². The van der Waals surface area contributed by atoms with E-state index in [4.69, 9.17) is 18.6 Å². The minimum Gasteiger partial charge on any atom is -0.460 e. The van der Waals surface area contributed by atoms with E-state index in [1.807, 2.05) is 45.0 Å². The fourth-order valence-corrected chi connectivity index (χ4v) is 5.66. The molecular weight excluding hydrogens is 536 g/mol. The summed E-state index contributed by atoms with van der Waals surface area (Å²) < 4.78 is 22.4.